The van der Waals surface area contributed by atoms with E-state index in [0.29, 0.717) is 35.4 Å². The predicted molar refractivity (Wildman–Crippen MR) is 133 cm³/mol. The molecule has 0 atom stereocenters. The Bertz CT molecular complexity index is 1590. The number of rotatable bonds is 5. The van der Waals surface area contributed by atoms with E-state index in [1.54, 1.807) is 42.0 Å². The number of nitrogens with zero attached hydrogens (tertiary/aromatic N) is 2. The fourth-order valence-corrected chi connectivity index (χ4v) is 4.23. The normalized spacial score (nSPS) is 13.6. The third kappa shape index (κ3) is 4.17. The monoisotopic (exact) mass is 467 g/mol. The summed E-state index contributed by atoms with van der Waals surface area (Å²) in [5.41, 5.74) is 2.55. The maximum absolute atomic E-state index is 13.1. The van der Waals surface area contributed by atoms with Gasteiger partial charge in [-0.3, -0.25) is 14.2 Å². The number of allylic oxidation sites excluding steroid dienone is 1. The van der Waals surface area contributed by atoms with Crippen molar-refractivity contribution in [2.24, 2.45) is 0 Å². The van der Waals surface area contributed by atoms with Gasteiger partial charge in [-0.15, -0.1) is 0 Å². The maximum Gasteiger partial charge on any atom is 0.336 e. The van der Waals surface area contributed by atoms with Crippen LogP contribution in [0.15, 0.2) is 71.5 Å². The first-order valence-electron chi connectivity index (χ1n) is 11.0. The number of carboxylic acids is 1. The van der Waals surface area contributed by atoms with Gasteiger partial charge in [-0.1, -0.05) is 24.3 Å². The van der Waals surface area contributed by atoms with Crippen LogP contribution in [0.1, 0.15) is 38.5 Å². The number of amides is 1. The summed E-state index contributed by atoms with van der Waals surface area (Å²) in [7, 11) is 1.61. The zero-order valence-corrected chi connectivity index (χ0v) is 18.8. The number of aromatic carboxylic acids is 1. The van der Waals surface area contributed by atoms with Crippen molar-refractivity contribution in [3.05, 3.63) is 99.6 Å². The van der Waals surface area contributed by atoms with E-state index in [-0.39, 0.29) is 16.7 Å². The molecular weight excluding hydrogens is 446 g/mol. The molecule has 0 bridgehead atoms. The molecule has 4 aromatic rings. The molecule has 1 aliphatic heterocycles. The molecule has 174 valence electrons. The Balaban J connectivity index is 1.51. The molecule has 0 unspecified atom stereocenters. The molecule has 0 saturated heterocycles. The van der Waals surface area contributed by atoms with Gasteiger partial charge in [0.1, 0.15) is 11.6 Å². The SMILES string of the molecule is COc1cccc(C=C2CCn3c2nc2cc(NC(=O)c4ccccc4C(=O)O)ccc2c3=O)c1. The lowest BCUT2D eigenvalue weighted by atomic mass is 10.1. The number of methoxy groups -OCH3 is 1. The van der Waals surface area contributed by atoms with Gasteiger partial charge in [0.2, 0.25) is 0 Å². The van der Waals surface area contributed by atoms with Crippen LogP contribution in [0.4, 0.5) is 5.69 Å². The lowest BCUT2D eigenvalue weighted by molar-refractivity contribution is 0.0692. The van der Waals surface area contributed by atoms with Gasteiger partial charge in [0, 0.05) is 12.2 Å². The third-order valence-electron chi connectivity index (χ3n) is 5.94. The van der Waals surface area contributed by atoms with Crippen LogP contribution in [-0.2, 0) is 6.54 Å². The van der Waals surface area contributed by atoms with E-state index < -0.39 is 11.9 Å². The van der Waals surface area contributed by atoms with E-state index in [4.69, 9.17) is 9.72 Å². The summed E-state index contributed by atoms with van der Waals surface area (Å²) in [5, 5.41) is 12.5. The quantitative estimate of drug-likeness (QED) is 0.453. The minimum Gasteiger partial charge on any atom is -0.497 e. The largest absolute Gasteiger partial charge is 0.497 e. The Kier molecular flexibility index (Phi) is 5.62. The number of hydrogen-bond acceptors (Lipinski definition) is 5. The Morgan fingerprint density at radius 3 is 2.63 bits per heavy atom. The first kappa shape index (κ1) is 22.1. The van der Waals surface area contributed by atoms with Gasteiger partial charge in [-0.2, -0.15) is 0 Å². The summed E-state index contributed by atoms with van der Waals surface area (Å²) < 4.78 is 6.96. The summed E-state index contributed by atoms with van der Waals surface area (Å²) >= 11 is 0. The highest BCUT2D eigenvalue weighted by Crippen LogP contribution is 2.29. The van der Waals surface area contributed by atoms with Crippen LogP contribution in [0.2, 0.25) is 0 Å². The van der Waals surface area contributed by atoms with Gasteiger partial charge >= 0.3 is 5.97 Å². The average molecular weight is 467 g/mol. The number of ether oxygens (including phenoxy) is 1. The van der Waals surface area contributed by atoms with Gasteiger partial charge in [-0.25, -0.2) is 9.78 Å². The molecule has 0 radical (unpaired) electrons. The molecule has 0 fully saturated rings. The molecule has 0 aliphatic carbocycles. The van der Waals surface area contributed by atoms with Crippen LogP contribution in [-0.4, -0.2) is 33.6 Å². The standard InChI is InChI=1S/C27H21N3O5/c1-35-19-6-4-5-16(14-19)13-17-11-12-30-24(17)29-23-15-18(9-10-22(23)26(30)32)28-25(31)20-7-2-3-8-21(20)27(33)34/h2-10,13-15H,11-12H2,1H3,(H,28,31)(H,33,34). The van der Waals surface area contributed by atoms with Gasteiger partial charge in [-0.05, 0) is 66.1 Å². The Labute approximate surface area is 200 Å². The Morgan fingerprint density at radius 2 is 1.86 bits per heavy atom. The molecule has 5 rings (SSSR count). The van der Waals surface area contributed by atoms with Crippen molar-refractivity contribution in [3.63, 3.8) is 0 Å². The molecular formula is C27H21N3O5. The number of anilines is 1. The van der Waals surface area contributed by atoms with E-state index in [9.17, 15) is 19.5 Å². The highest BCUT2D eigenvalue weighted by molar-refractivity contribution is 6.11. The molecule has 1 aliphatic rings. The van der Waals surface area contributed by atoms with Crippen LogP contribution in [0, 0.1) is 0 Å². The van der Waals surface area contributed by atoms with Gasteiger partial charge in [0.05, 0.1) is 29.1 Å². The minimum absolute atomic E-state index is 0.0468. The van der Waals surface area contributed by atoms with Crippen molar-refractivity contribution in [2.45, 2.75) is 13.0 Å². The number of benzene rings is 3. The van der Waals surface area contributed by atoms with Crippen LogP contribution in [0.25, 0.3) is 22.6 Å². The predicted octanol–water partition coefficient (Wildman–Crippen LogP) is 4.30. The summed E-state index contributed by atoms with van der Waals surface area (Å²) in [6.07, 6.45) is 2.67. The second kappa shape index (κ2) is 8.90. The number of hydrogen-bond donors (Lipinski definition) is 2. The van der Waals surface area contributed by atoms with Crippen LogP contribution < -0.4 is 15.6 Å². The highest BCUT2D eigenvalue weighted by Gasteiger charge is 2.22. The van der Waals surface area contributed by atoms with Crippen LogP contribution in [0.5, 0.6) is 5.75 Å². The molecule has 2 heterocycles. The van der Waals surface area contributed by atoms with E-state index in [1.807, 2.05) is 30.3 Å². The number of fused-ring (bicyclic) bond motifs is 2. The van der Waals surface area contributed by atoms with E-state index >= 15 is 0 Å². The molecule has 8 heteroatoms. The number of carbonyl (C=O) groups is 2. The van der Waals surface area contributed by atoms with Gasteiger partial charge in [0.25, 0.3) is 11.5 Å². The lowest BCUT2D eigenvalue weighted by Crippen LogP contribution is -2.21. The molecule has 1 amide bonds. The first-order chi connectivity index (χ1) is 16.9. The van der Waals surface area contributed by atoms with Crippen molar-refractivity contribution >= 4 is 40.1 Å². The van der Waals surface area contributed by atoms with E-state index in [2.05, 4.69) is 5.32 Å². The van der Waals surface area contributed by atoms with Crippen LogP contribution >= 0.6 is 0 Å². The fraction of sp³-hybridized carbons (Fsp3) is 0.111. The van der Waals surface area contributed by atoms with Gasteiger partial charge in [0.15, 0.2) is 0 Å². The molecule has 0 saturated carbocycles. The van der Waals surface area contributed by atoms with Crippen molar-refractivity contribution in [2.75, 3.05) is 12.4 Å². The molecule has 35 heavy (non-hydrogen) atoms. The molecule has 8 nitrogen and oxygen atoms in total. The highest BCUT2D eigenvalue weighted by atomic mass is 16.5. The van der Waals surface area contributed by atoms with Crippen molar-refractivity contribution < 1.29 is 19.4 Å². The number of carboxylic acid groups (broad SMARTS) is 1. The molecule has 1 aromatic heterocycles. The minimum atomic E-state index is -1.19. The summed E-state index contributed by atoms with van der Waals surface area (Å²) in [5.74, 6) is -0.412. The summed E-state index contributed by atoms with van der Waals surface area (Å²) in [4.78, 5) is 42.1. The van der Waals surface area contributed by atoms with E-state index in [1.165, 1.54) is 12.1 Å². The average Bonchev–Trinajstić information content (AvgIpc) is 3.26. The van der Waals surface area contributed by atoms with Gasteiger partial charge < -0.3 is 15.2 Å². The zero-order valence-electron chi connectivity index (χ0n) is 18.8. The van der Waals surface area contributed by atoms with Crippen LogP contribution in [0.3, 0.4) is 0 Å². The fourth-order valence-electron chi connectivity index (χ4n) is 4.23. The Morgan fingerprint density at radius 1 is 1.06 bits per heavy atom. The summed E-state index contributed by atoms with van der Waals surface area (Å²) in [6.45, 7) is 0.539. The number of carbonyl (C=O) groups excluding carboxylic acids is 1. The third-order valence-corrected chi connectivity index (χ3v) is 5.94. The number of aromatic nitrogens is 2. The Hall–Kier alpha value is -4.72. The zero-order chi connectivity index (χ0) is 24.5. The van der Waals surface area contributed by atoms with Crippen molar-refractivity contribution in [3.8, 4) is 5.75 Å². The van der Waals surface area contributed by atoms with Crippen molar-refractivity contribution in [1.82, 2.24) is 9.55 Å². The topological polar surface area (TPSA) is 111 Å². The number of nitrogens with one attached hydrogen (secondary N) is 1. The first-order valence-corrected chi connectivity index (χ1v) is 11.0. The smallest absolute Gasteiger partial charge is 0.336 e. The molecule has 0 spiro atoms. The lowest BCUT2D eigenvalue weighted by Gasteiger charge is -2.10. The maximum atomic E-state index is 13.1. The van der Waals surface area contributed by atoms with E-state index in [0.717, 1.165) is 16.9 Å². The van der Waals surface area contributed by atoms with Crippen molar-refractivity contribution in [1.29, 1.82) is 0 Å². The second-order valence-corrected chi connectivity index (χ2v) is 8.13. The molecule has 3 aromatic carbocycles. The summed E-state index contributed by atoms with van der Waals surface area (Å²) in [6, 6.07) is 18.5. The molecule has 2 N–H and O–H groups in total. The second-order valence-electron chi connectivity index (χ2n) is 8.13.